The molecule has 8 nitrogen and oxygen atoms in total. The van der Waals surface area contributed by atoms with Crippen LogP contribution in [0.5, 0.6) is 0 Å². The minimum atomic E-state index is -0.850. The zero-order chi connectivity index (χ0) is 29.0. The average molecular weight is 553 g/mol. The lowest BCUT2D eigenvalue weighted by molar-refractivity contribution is 0.00410. The molecule has 0 aliphatic rings. The molecule has 0 amide bonds. The van der Waals surface area contributed by atoms with Crippen LogP contribution in [0.2, 0.25) is 0 Å². The molecule has 41 heavy (non-hydrogen) atoms. The molecule has 4 aromatic rings. The summed E-state index contributed by atoms with van der Waals surface area (Å²) in [5.41, 5.74) is 1.78. The van der Waals surface area contributed by atoms with Crippen LogP contribution >= 0.6 is 0 Å². The van der Waals surface area contributed by atoms with Crippen LogP contribution in [0.1, 0.15) is 59.5 Å². The summed E-state index contributed by atoms with van der Waals surface area (Å²) in [6.07, 6.45) is -0.850. The summed E-state index contributed by atoms with van der Waals surface area (Å²) in [7, 11) is 0. The highest BCUT2D eigenvalue weighted by Gasteiger charge is 2.23. The summed E-state index contributed by atoms with van der Waals surface area (Å²) in [4.78, 5) is 51.0. The van der Waals surface area contributed by atoms with Gasteiger partial charge >= 0.3 is 23.9 Å². The second kappa shape index (κ2) is 14.2. The Bertz CT molecular complexity index is 1500. The molecule has 0 aromatic heterocycles. The average Bonchev–Trinajstić information content (AvgIpc) is 3.02. The molecule has 0 heterocycles. The van der Waals surface area contributed by atoms with Gasteiger partial charge in [-0.2, -0.15) is 0 Å². The van der Waals surface area contributed by atoms with E-state index in [1.807, 2.05) is 60.7 Å². The highest BCUT2D eigenvalue weighted by Crippen LogP contribution is 2.16. The number of hydrogen-bond acceptors (Lipinski definition) is 8. The first-order valence-corrected chi connectivity index (χ1v) is 12.9. The van der Waals surface area contributed by atoms with Crippen molar-refractivity contribution in [2.75, 3.05) is 6.61 Å². The highest BCUT2D eigenvalue weighted by molar-refractivity contribution is 6.04. The predicted molar refractivity (Wildman–Crippen MR) is 149 cm³/mol. The van der Waals surface area contributed by atoms with E-state index in [1.54, 1.807) is 31.2 Å². The van der Waals surface area contributed by atoms with E-state index in [-0.39, 0.29) is 42.1 Å². The minimum Gasteiger partial charge on any atom is -0.458 e. The number of carbonyl (C=O) groups is 4. The van der Waals surface area contributed by atoms with Crippen LogP contribution in [-0.2, 0) is 32.2 Å². The van der Waals surface area contributed by atoms with Crippen molar-refractivity contribution in [1.29, 1.82) is 0 Å². The van der Waals surface area contributed by atoms with Crippen molar-refractivity contribution in [3.63, 3.8) is 0 Å². The highest BCUT2D eigenvalue weighted by atomic mass is 16.6. The summed E-state index contributed by atoms with van der Waals surface area (Å²) in [5, 5.41) is 0. The number of carbonyl (C=O) groups excluding carboxylic acids is 4. The minimum absolute atomic E-state index is 0.0234. The van der Waals surface area contributed by atoms with E-state index in [0.29, 0.717) is 0 Å². The Labute approximate surface area is 237 Å². The van der Waals surface area contributed by atoms with Crippen LogP contribution in [0, 0.1) is 0 Å². The fourth-order valence-corrected chi connectivity index (χ4v) is 3.83. The molecule has 4 rings (SSSR count). The molecule has 0 saturated carbocycles. The van der Waals surface area contributed by atoms with Gasteiger partial charge in [0.1, 0.15) is 25.9 Å². The zero-order valence-electron chi connectivity index (χ0n) is 22.4. The molecule has 1 unspecified atom stereocenters. The molecule has 208 valence electrons. The zero-order valence-corrected chi connectivity index (χ0v) is 22.4. The lowest BCUT2D eigenvalue weighted by atomic mass is 10.1. The normalized spacial score (nSPS) is 11.1. The van der Waals surface area contributed by atoms with Crippen LogP contribution in [0.3, 0.4) is 0 Å². The Morgan fingerprint density at radius 1 is 0.488 bits per heavy atom. The second-order valence-corrected chi connectivity index (χ2v) is 9.03. The van der Waals surface area contributed by atoms with Gasteiger partial charge in [0.2, 0.25) is 0 Å². The van der Waals surface area contributed by atoms with Gasteiger partial charge in [-0.1, -0.05) is 84.9 Å². The molecule has 0 N–H and O–H groups in total. The largest absolute Gasteiger partial charge is 0.458 e. The molecule has 0 aliphatic heterocycles. The van der Waals surface area contributed by atoms with Gasteiger partial charge in [0.05, 0.1) is 22.3 Å². The summed E-state index contributed by atoms with van der Waals surface area (Å²) >= 11 is 0. The van der Waals surface area contributed by atoms with Gasteiger partial charge in [0, 0.05) is 0 Å². The summed E-state index contributed by atoms with van der Waals surface area (Å²) in [6.45, 7) is 1.37. The standard InChI is InChI=1S/C33H28O8/c1-23(41-33(37)29-19-11-10-18-28(29)32(36)40-22-25-14-6-3-7-15-25)20-38-30(34)26-16-8-9-17-27(26)31(35)39-21-24-12-4-2-5-13-24/h2-19,23H,20-22H2,1H3. The monoisotopic (exact) mass is 552 g/mol. The molecule has 0 spiro atoms. The Kier molecular flexibility index (Phi) is 9.98. The first kappa shape index (κ1) is 28.8. The molecule has 8 heteroatoms. The molecule has 0 aliphatic carbocycles. The fraction of sp³-hybridized carbons (Fsp3) is 0.152. The van der Waals surface area contributed by atoms with Crippen molar-refractivity contribution in [2.24, 2.45) is 0 Å². The fourth-order valence-electron chi connectivity index (χ4n) is 3.83. The molecule has 0 bridgehead atoms. The van der Waals surface area contributed by atoms with Crippen LogP contribution in [-0.4, -0.2) is 36.6 Å². The number of rotatable bonds is 11. The van der Waals surface area contributed by atoms with Crippen molar-refractivity contribution in [2.45, 2.75) is 26.2 Å². The van der Waals surface area contributed by atoms with Gasteiger partial charge < -0.3 is 18.9 Å². The van der Waals surface area contributed by atoms with Crippen LogP contribution < -0.4 is 0 Å². The molecule has 1 atom stereocenters. The van der Waals surface area contributed by atoms with Gasteiger partial charge in [0.25, 0.3) is 0 Å². The van der Waals surface area contributed by atoms with E-state index in [2.05, 4.69) is 0 Å². The van der Waals surface area contributed by atoms with Gasteiger partial charge in [-0.3, -0.25) is 0 Å². The first-order chi connectivity index (χ1) is 19.9. The quantitative estimate of drug-likeness (QED) is 0.170. The van der Waals surface area contributed by atoms with Gasteiger partial charge in [-0.15, -0.1) is 0 Å². The van der Waals surface area contributed by atoms with Crippen molar-refractivity contribution in [3.8, 4) is 0 Å². The van der Waals surface area contributed by atoms with Gasteiger partial charge in [-0.25, -0.2) is 19.2 Å². The van der Waals surface area contributed by atoms with E-state index in [9.17, 15) is 19.2 Å². The van der Waals surface area contributed by atoms with Crippen molar-refractivity contribution in [3.05, 3.63) is 143 Å². The Morgan fingerprint density at radius 3 is 1.24 bits per heavy atom. The number of esters is 4. The van der Waals surface area contributed by atoms with Gasteiger partial charge in [0.15, 0.2) is 0 Å². The number of benzene rings is 4. The second-order valence-electron chi connectivity index (χ2n) is 9.03. The van der Waals surface area contributed by atoms with E-state index >= 15 is 0 Å². The van der Waals surface area contributed by atoms with E-state index in [0.717, 1.165) is 11.1 Å². The molecule has 0 saturated heterocycles. The van der Waals surface area contributed by atoms with E-state index in [1.165, 1.54) is 24.3 Å². The number of ether oxygens (including phenoxy) is 4. The summed E-state index contributed by atoms with van der Waals surface area (Å²) < 4.78 is 21.5. The maximum Gasteiger partial charge on any atom is 0.339 e. The van der Waals surface area contributed by atoms with Crippen molar-refractivity contribution >= 4 is 23.9 Å². The first-order valence-electron chi connectivity index (χ1n) is 12.9. The Balaban J connectivity index is 1.32. The predicted octanol–water partition coefficient (Wildman–Crippen LogP) is 5.80. The van der Waals surface area contributed by atoms with Crippen molar-refractivity contribution < 1.29 is 38.1 Å². The van der Waals surface area contributed by atoms with E-state index in [4.69, 9.17) is 18.9 Å². The lowest BCUT2D eigenvalue weighted by Gasteiger charge is -2.16. The topological polar surface area (TPSA) is 105 Å². The lowest BCUT2D eigenvalue weighted by Crippen LogP contribution is -2.24. The molecule has 0 radical (unpaired) electrons. The van der Waals surface area contributed by atoms with Gasteiger partial charge in [-0.05, 0) is 42.3 Å². The molecule has 0 fully saturated rings. The maximum atomic E-state index is 12.9. The Morgan fingerprint density at radius 2 is 0.829 bits per heavy atom. The third-order valence-electron chi connectivity index (χ3n) is 5.92. The summed E-state index contributed by atoms with van der Waals surface area (Å²) in [6, 6.07) is 30.6. The SMILES string of the molecule is CC(COC(=O)c1ccccc1C(=O)OCc1ccccc1)OC(=O)c1ccccc1C(=O)OCc1ccccc1. The number of hydrogen-bond donors (Lipinski definition) is 0. The summed E-state index contributed by atoms with van der Waals surface area (Å²) in [5.74, 6) is -2.89. The van der Waals surface area contributed by atoms with E-state index < -0.39 is 30.0 Å². The van der Waals surface area contributed by atoms with Crippen LogP contribution in [0.25, 0.3) is 0 Å². The maximum absolute atomic E-state index is 12.9. The van der Waals surface area contributed by atoms with Crippen molar-refractivity contribution in [1.82, 2.24) is 0 Å². The third-order valence-corrected chi connectivity index (χ3v) is 5.92. The third kappa shape index (κ3) is 8.12. The molecular formula is C33H28O8. The van der Waals surface area contributed by atoms with Crippen LogP contribution in [0.4, 0.5) is 0 Å². The molecular weight excluding hydrogens is 524 g/mol. The molecule has 4 aromatic carbocycles. The van der Waals surface area contributed by atoms with Crippen LogP contribution in [0.15, 0.2) is 109 Å². The smallest absolute Gasteiger partial charge is 0.339 e. The Hall–Kier alpha value is -5.24.